The molecule has 0 spiro atoms. The van der Waals surface area contributed by atoms with Gasteiger partial charge in [0.2, 0.25) is 5.82 Å². The Labute approximate surface area is 188 Å². The molecule has 0 bridgehead atoms. The molecule has 8 nitrogen and oxygen atoms in total. The first-order chi connectivity index (χ1) is 16.1. The van der Waals surface area contributed by atoms with Crippen LogP contribution in [0.1, 0.15) is 11.1 Å². The van der Waals surface area contributed by atoms with E-state index < -0.39 is 6.10 Å². The molecule has 1 amide bonds. The fraction of sp³-hybridized carbons (Fsp3) is 0.120. The Morgan fingerprint density at radius 1 is 1.12 bits per heavy atom. The van der Waals surface area contributed by atoms with E-state index in [1.165, 1.54) is 0 Å². The number of ether oxygens (including phenoxy) is 1. The zero-order valence-electron chi connectivity index (χ0n) is 17.7. The number of carbonyl (C=O) groups excluding carboxylic acids is 1. The first-order valence-corrected chi connectivity index (χ1v) is 10.6. The number of imidazole rings is 1. The summed E-state index contributed by atoms with van der Waals surface area (Å²) < 4.78 is 13.2. The van der Waals surface area contributed by atoms with Crippen molar-refractivity contribution in [3.63, 3.8) is 0 Å². The maximum atomic E-state index is 12.7. The second-order valence-electron chi connectivity index (χ2n) is 7.99. The van der Waals surface area contributed by atoms with Gasteiger partial charge in [-0.1, -0.05) is 35.5 Å². The molecule has 6 rings (SSSR count). The Kier molecular flexibility index (Phi) is 4.43. The smallest absolute Gasteiger partial charge is 0.265 e. The van der Waals surface area contributed by atoms with Gasteiger partial charge >= 0.3 is 0 Å². The van der Waals surface area contributed by atoms with Crippen LogP contribution in [0.3, 0.4) is 0 Å². The highest BCUT2D eigenvalue weighted by atomic mass is 16.5. The second kappa shape index (κ2) is 7.59. The van der Waals surface area contributed by atoms with Gasteiger partial charge in [-0.25, -0.2) is 4.98 Å². The summed E-state index contributed by atoms with van der Waals surface area (Å²) >= 11 is 0. The van der Waals surface area contributed by atoms with Crippen LogP contribution in [-0.2, 0) is 11.2 Å². The number of nitrogens with one attached hydrogen (secondary N) is 1. The van der Waals surface area contributed by atoms with Crippen molar-refractivity contribution < 1.29 is 14.1 Å². The fourth-order valence-electron chi connectivity index (χ4n) is 3.98. The number of benzene rings is 2. The standard InChI is InChI=1S/C25H19N5O3/c1-15-9-10-22-26-13-19(30(22)14-15)23-28-25(33-29-23)17-6-4-7-18(11-17)27-24(31)21-12-16-5-2-3-8-20(16)32-21/h2-11,13-14,21H,12H2,1H3,(H,27,31). The third kappa shape index (κ3) is 3.51. The molecule has 0 fully saturated rings. The van der Waals surface area contributed by atoms with Crippen LogP contribution in [0.5, 0.6) is 5.75 Å². The van der Waals surface area contributed by atoms with Crippen molar-refractivity contribution in [2.24, 2.45) is 0 Å². The van der Waals surface area contributed by atoms with Crippen molar-refractivity contribution >= 4 is 17.2 Å². The number of pyridine rings is 1. The van der Waals surface area contributed by atoms with Gasteiger partial charge in [0.15, 0.2) is 6.10 Å². The molecule has 0 saturated carbocycles. The highest BCUT2D eigenvalue weighted by molar-refractivity contribution is 5.95. The molecule has 0 saturated heterocycles. The molecule has 4 heterocycles. The SMILES string of the molecule is Cc1ccc2ncc(-c3noc(-c4cccc(NC(=O)C5Cc6ccccc6O5)c4)n3)n2c1. The number of anilines is 1. The first-order valence-electron chi connectivity index (χ1n) is 10.6. The number of carbonyl (C=O) groups is 1. The van der Waals surface area contributed by atoms with E-state index in [1.54, 1.807) is 12.3 Å². The first kappa shape index (κ1) is 19.2. The lowest BCUT2D eigenvalue weighted by Gasteiger charge is -2.11. The fourth-order valence-corrected chi connectivity index (χ4v) is 3.98. The molecule has 2 aromatic carbocycles. The molecule has 1 N–H and O–H groups in total. The van der Waals surface area contributed by atoms with Crippen LogP contribution in [0.15, 0.2) is 77.6 Å². The largest absolute Gasteiger partial charge is 0.480 e. The van der Waals surface area contributed by atoms with E-state index in [1.807, 2.05) is 72.1 Å². The van der Waals surface area contributed by atoms with Gasteiger partial charge in [0, 0.05) is 23.9 Å². The Morgan fingerprint density at radius 3 is 2.94 bits per heavy atom. The van der Waals surface area contributed by atoms with Gasteiger partial charge in [-0.15, -0.1) is 0 Å². The zero-order chi connectivity index (χ0) is 22.4. The minimum atomic E-state index is -0.556. The Bertz CT molecular complexity index is 1480. The van der Waals surface area contributed by atoms with E-state index in [2.05, 4.69) is 20.4 Å². The summed E-state index contributed by atoms with van der Waals surface area (Å²) in [4.78, 5) is 21.7. The highest BCUT2D eigenvalue weighted by Gasteiger charge is 2.28. The summed E-state index contributed by atoms with van der Waals surface area (Å²) in [5, 5.41) is 7.06. The Morgan fingerprint density at radius 2 is 2.03 bits per heavy atom. The molecule has 0 aliphatic carbocycles. The maximum absolute atomic E-state index is 12.7. The van der Waals surface area contributed by atoms with E-state index in [-0.39, 0.29) is 5.91 Å². The molecule has 1 aliphatic heterocycles. The summed E-state index contributed by atoms with van der Waals surface area (Å²) in [5.74, 6) is 1.35. The van der Waals surface area contributed by atoms with Gasteiger partial charge in [0.25, 0.3) is 11.8 Å². The second-order valence-corrected chi connectivity index (χ2v) is 7.99. The van der Waals surface area contributed by atoms with Gasteiger partial charge in [0.05, 0.1) is 6.20 Å². The van der Waals surface area contributed by atoms with Crippen LogP contribution in [0.4, 0.5) is 5.69 Å². The van der Waals surface area contributed by atoms with Crippen LogP contribution < -0.4 is 10.1 Å². The van der Waals surface area contributed by atoms with E-state index in [0.29, 0.717) is 29.4 Å². The summed E-state index contributed by atoms with van der Waals surface area (Å²) in [6, 6.07) is 18.9. The van der Waals surface area contributed by atoms with Gasteiger partial charge in [-0.3, -0.25) is 9.20 Å². The van der Waals surface area contributed by atoms with Crippen molar-refractivity contribution in [3.05, 3.63) is 84.2 Å². The number of hydrogen-bond donors (Lipinski definition) is 1. The Balaban J connectivity index is 1.22. The highest BCUT2D eigenvalue weighted by Crippen LogP contribution is 2.29. The quantitative estimate of drug-likeness (QED) is 0.450. The van der Waals surface area contributed by atoms with Gasteiger partial charge in [0.1, 0.15) is 17.1 Å². The third-order valence-electron chi connectivity index (χ3n) is 5.63. The normalized spacial score (nSPS) is 14.8. The number of aryl methyl sites for hydroxylation is 1. The van der Waals surface area contributed by atoms with Gasteiger partial charge in [-0.2, -0.15) is 4.98 Å². The number of amides is 1. The average molecular weight is 437 g/mol. The third-order valence-corrected chi connectivity index (χ3v) is 5.63. The molecular formula is C25H19N5O3. The van der Waals surface area contributed by atoms with Crippen LogP contribution in [0, 0.1) is 6.92 Å². The number of hydrogen-bond acceptors (Lipinski definition) is 6. The minimum absolute atomic E-state index is 0.198. The lowest BCUT2D eigenvalue weighted by Crippen LogP contribution is -2.31. The molecule has 1 aliphatic rings. The van der Waals surface area contributed by atoms with Gasteiger partial charge < -0.3 is 14.6 Å². The number of rotatable bonds is 4. The molecule has 1 unspecified atom stereocenters. The topological polar surface area (TPSA) is 94.6 Å². The lowest BCUT2D eigenvalue weighted by molar-refractivity contribution is -0.122. The van der Waals surface area contributed by atoms with Crippen LogP contribution >= 0.6 is 0 Å². The van der Waals surface area contributed by atoms with Crippen LogP contribution in [0.2, 0.25) is 0 Å². The molecule has 162 valence electrons. The van der Waals surface area contributed by atoms with Crippen LogP contribution in [0.25, 0.3) is 28.6 Å². The van der Waals surface area contributed by atoms with E-state index in [0.717, 1.165) is 28.2 Å². The number of nitrogens with zero attached hydrogens (tertiary/aromatic N) is 4. The van der Waals surface area contributed by atoms with Crippen molar-refractivity contribution in [3.8, 4) is 28.7 Å². The number of para-hydroxylation sites is 1. The number of aromatic nitrogens is 4. The molecule has 0 radical (unpaired) electrons. The Hall–Kier alpha value is -4.46. The minimum Gasteiger partial charge on any atom is -0.480 e. The molecule has 5 aromatic rings. The summed E-state index contributed by atoms with van der Waals surface area (Å²) in [7, 11) is 0. The maximum Gasteiger partial charge on any atom is 0.265 e. The molecule has 33 heavy (non-hydrogen) atoms. The summed E-state index contributed by atoms with van der Waals surface area (Å²) in [6.45, 7) is 2.01. The monoisotopic (exact) mass is 437 g/mol. The lowest BCUT2D eigenvalue weighted by atomic mass is 10.1. The van der Waals surface area contributed by atoms with E-state index >= 15 is 0 Å². The van der Waals surface area contributed by atoms with E-state index in [9.17, 15) is 4.79 Å². The summed E-state index contributed by atoms with van der Waals surface area (Å²) in [6.07, 6.45) is 3.69. The van der Waals surface area contributed by atoms with Crippen molar-refractivity contribution in [1.82, 2.24) is 19.5 Å². The molecule has 3 aromatic heterocycles. The van der Waals surface area contributed by atoms with E-state index in [4.69, 9.17) is 9.26 Å². The average Bonchev–Trinajstić information content (AvgIpc) is 3.56. The predicted molar refractivity (Wildman–Crippen MR) is 122 cm³/mol. The number of fused-ring (bicyclic) bond motifs is 2. The van der Waals surface area contributed by atoms with Crippen molar-refractivity contribution in [1.29, 1.82) is 0 Å². The molecular weight excluding hydrogens is 418 g/mol. The van der Waals surface area contributed by atoms with Crippen LogP contribution in [-0.4, -0.2) is 31.5 Å². The molecule has 8 heteroatoms. The van der Waals surface area contributed by atoms with Gasteiger partial charge in [-0.05, 0) is 48.4 Å². The predicted octanol–water partition coefficient (Wildman–Crippen LogP) is 4.30. The summed E-state index contributed by atoms with van der Waals surface area (Å²) in [5.41, 5.74) is 5.01. The van der Waals surface area contributed by atoms with Crippen molar-refractivity contribution in [2.75, 3.05) is 5.32 Å². The molecule has 1 atom stereocenters. The zero-order valence-corrected chi connectivity index (χ0v) is 17.7. The van der Waals surface area contributed by atoms with Crippen molar-refractivity contribution in [2.45, 2.75) is 19.4 Å².